The molecule has 0 spiro atoms. The number of para-hydroxylation sites is 1. The SMILES string of the molecule is COc1ccc(/C=C2/NC(=S)N(c3ccccc3)C2=O)cc1COc1c(Cl)c(Cl)c(Cl)c(Cl)c1Cl. The third kappa shape index (κ3) is 5.19. The molecule has 0 saturated carbocycles. The van der Waals surface area contributed by atoms with Crippen LogP contribution in [-0.4, -0.2) is 18.1 Å². The van der Waals surface area contributed by atoms with Gasteiger partial charge in [0.15, 0.2) is 10.9 Å². The van der Waals surface area contributed by atoms with Gasteiger partial charge >= 0.3 is 0 Å². The molecule has 0 unspecified atom stereocenters. The predicted octanol–water partition coefficient (Wildman–Crippen LogP) is 7.80. The highest BCUT2D eigenvalue weighted by atomic mass is 35.5. The molecule has 1 heterocycles. The number of nitrogens with zero attached hydrogens (tertiary/aromatic N) is 1. The molecule has 4 rings (SSSR count). The van der Waals surface area contributed by atoms with E-state index >= 15 is 0 Å². The molecule has 1 N–H and O–H groups in total. The fourth-order valence-corrected chi connectivity index (χ4v) is 4.90. The van der Waals surface area contributed by atoms with Gasteiger partial charge in [0.1, 0.15) is 28.1 Å². The van der Waals surface area contributed by atoms with Crippen LogP contribution in [0, 0.1) is 0 Å². The Hall–Kier alpha value is -2.19. The Kier molecular flexibility index (Phi) is 8.01. The first-order chi connectivity index (χ1) is 16.7. The summed E-state index contributed by atoms with van der Waals surface area (Å²) in [5.74, 6) is 0.381. The van der Waals surface area contributed by atoms with E-state index in [9.17, 15) is 4.79 Å². The zero-order valence-corrected chi connectivity index (χ0v) is 22.5. The summed E-state index contributed by atoms with van der Waals surface area (Å²) in [5, 5.41) is 3.46. The van der Waals surface area contributed by atoms with Crippen LogP contribution in [0.1, 0.15) is 11.1 Å². The number of hydrogen-bond donors (Lipinski definition) is 1. The molecule has 5 nitrogen and oxygen atoms in total. The van der Waals surface area contributed by atoms with E-state index < -0.39 is 0 Å². The normalized spacial score (nSPS) is 14.5. The number of carbonyl (C=O) groups excluding carboxylic acids is 1. The minimum absolute atomic E-state index is 0.0177. The van der Waals surface area contributed by atoms with E-state index in [1.807, 2.05) is 30.3 Å². The first-order valence-electron chi connectivity index (χ1n) is 9.96. The summed E-state index contributed by atoms with van der Waals surface area (Å²) < 4.78 is 11.3. The van der Waals surface area contributed by atoms with Gasteiger partial charge < -0.3 is 14.8 Å². The van der Waals surface area contributed by atoms with Gasteiger partial charge in [-0.05, 0) is 48.1 Å². The molecule has 0 radical (unpaired) electrons. The van der Waals surface area contributed by atoms with Crippen molar-refractivity contribution in [2.24, 2.45) is 0 Å². The number of nitrogens with one attached hydrogen (secondary N) is 1. The van der Waals surface area contributed by atoms with Gasteiger partial charge in [-0.1, -0.05) is 82.3 Å². The Morgan fingerprint density at radius 3 is 2.20 bits per heavy atom. The van der Waals surface area contributed by atoms with Crippen LogP contribution >= 0.6 is 70.2 Å². The minimum Gasteiger partial charge on any atom is -0.496 e. The maximum Gasteiger partial charge on any atom is 0.281 e. The van der Waals surface area contributed by atoms with Crippen LogP contribution in [-0.2, 0) is 11.4 Å². The second kappa shape index (κ2) is 10.8. The molecular formula is C24H15Cl5N2O3S. The molecule has 180 valence electrons. The van der Waals surface area contributed by atoms with Crippen LogP contribution in [0.2, 0.25) is 25.1 Å². The molecule has 11 heteroatoms. The van der Waals surface area contributed by atoms with E-state index in [0.717, 1.165) is 0 Å². The predicted molar refractivity (Wildman–Crippen MR) is 146 cm³/mol. The van der Waals surface area contributed by atoms with E-state index in [0.29, 0.717) is 33.4 Å². The van der Waals surface area contributed by atoms with Gasteiger partial charge in [-0.25, -0.2) is 0 Å². The standard InChI is InChI=1S/C24H15Cl5N2O3S/c1-33-16-8-7-12(10-15-23(32)31(24(35)30-15)14-5-3-2-4-6-14)9-13(16)11-34-22-20(28)18(26)17(25)19(27)21(22)29/h2-10H,11H2,1H3,(H,30,35)/b15-10+. The van der Waals surface area contributed by atoms with Crippen LogP contribution in [0.25, 0.3) is 6.08 Å². The summed E-state index contributed by atoms with van der Waals surface area (Å²) in [4.78, 5) is 14.4. The Morgan fingerprint density at radius 1 is 0.943 bits per heavy atom. The lowest BCUT2D eigenvalue weighted by Gasteiger charge is -2.15. The van der Waals surface area contributed by atoms with Crippen molar-refractivity contribution in [2.45, 2.75) is 6.61 Å². The van der Waals surface area contributed by atoms with E-state index in [1.54, 1.807) is 24.3 Å². The molecule has 0 aliphatic carbocycles. The number of hydrogen-bond acceptors (Lipinski definition) is 4. The minimum atomic E-state index is -0.265. The van der Waals surface area contributed by atoms with E-state index in [1.165, 1.54) is 12.0 Å². The fraction of sp³-hybridized carbons (Fsp3) is 0.0833. The lowest BCUT2D eigenvalue weighted by Crippen LogP contribution is -2.30. The Bertz CT molecular complexity index is 1340. The monoisotopic (exact) mass is 586 g/mol. The first-order valence-corrected chi connectivity index (χ1v) is 12.3. The Morgan fingerprint density at radius 2 is 1.57 bits per heavy atom. The number of carbonyl (C=O) groups is 1. The molecular weight excluding hydrogens is 574 g/mol. The molecule has 1 fully saturated rings. The van der Waals surface area contributed by atoms with Crippen molar-refractivity contribution in [1.29, 1.82) is 0 Å². The second-order valence-electron chi connectivity index (χ2n) is 7.22. The van der Waals surface area contributed by atoms with Crippen molar-refractivity contribution in [2.75, 3.05) is 12.0 Å². The second-order valence-corrected chi connectivity index (χ2v) is 9.50. The Balaban J connectivity index is 1.62. The lowest BCUT2D eigenvalue weighted by atomic mass is 10.1. The number of methoxy groups -OCH3 is 1. The number of halogens is 5. The number of rotatable bonds is 6. The number of anilines is 1. The number of thiocarbonyl (C=S) groups is 1. The first kappa shape index (κ1) is 25.9. The van der Waals surface area contributed by atoms with Crippen molar-refractivity contribution in [3.8, 4) is 11.5 Å². The summed E-state index contributed by atoms with van der Waals surface area (Å²) >= 11 is 36.2. The highest BCUT2D eigenvalue weighted by molar-refractivity contribution is 7.80. The van der Waals surface area contributed by atoms with Gasteiger partial charge in [-0.2, -0.15) is 0 Å². The zero-order valence-electron chi connectivity index (χ0n) is 17.9. The molecule has 1 aliphatic heterocycles. The highest BCUT2D eigenvalue weighted by Crippen LogP contribution is 2.48. The third-order valence-corrected chi connectivity index (χ3v) is 7.58. The summed E-state index contributed by atoms with van der Waals surface area (Å²) in [6, 6.07) is 14.5. The average molecular weight is 589 g/mol. The van der Waals surface area contributed by atoms with Crippen LogP contribution in [0.5, 0.6) is 11.5 Å². The number of ether oxygens (including phenoxy) is 2. The molecule has 3 aromatic carbocycles. The van der Waals surface area contributed by atoms with Gasteiger partial charge in [0.2, 0.25) is 0 Å². The smallest absolute Gasteiger partial charge is 0.281 e. The summed E-state index contributed by atoms with van der Waals surface area (Å²) in [6.07, 6.45) is 1.69. The van der Waals surface area contributed by atoms with Crippen LogP contribution in [0.4, 0.5) is 5.69 Å². The maximum absolute atomic E-state index is 13.0. The zero-order chi connectivity index (χ0) is 25.3. The average Bonchev–Trinajstić information content (AvgIpc) is 3.14. The van der Waals surface area contributed by atoms with Gasteiger partial charge in [-0.15, -0.1) is 0 Å². The van der Waals surface area contributed by atoms with Gasteiger partial charge in [0.25, 0.3) is 5.91 Å². The van der Waals surface area contributed by atoms with Crippen molar-refractivity contribution in [3.63, 3.8) is 0 Å². The molecule has 0 bridgehead atoms. The maximum atomic E-state index is 13.0. The van der Waals surface area contributed by atoms with Crippen molar-refractivity contribution in [3.05, 3.63) is 90.5 Å². The summed E-state index contributed by atoms with van der Waals surface area (Å²) in [6.45, 7) is 0.0177. The molecule has 1 amide bonds. The molecule has 1 aliphatic rings. The molecule has 0 atom stereocenters. The number of benzene rings is 3. The van der Waals surface area contributed by atoms with E-state index in [-0.39, 0.29) is 43.4 Å². The quantitative estimate of drug-likeness (QED) is 0.138. The number of amides is 1. The van der Waals surface area contributed by atoms with Gasteiger partial charge in [-0.3, -0.25) is 9.69 Å². The van der Waals surface area contributed by atoms with Gasteiger partial charge in [0.05, 0.1) is 27.9 Å². The molecule has 35 heavy (non-hydrogen) atoms. The summed E-state index contributed by atoms with van der Waals surface area (Å²) in [7, 11) is 1.53. The van der Waals surface area contributed by atoms with Crippen molar-refractivity contribution < 1.29 is 14.3 Å². The van der Waals surface area contributed by atoms with Crippen molar-refractivity contribution >= 4 is 93.0 Å². The van der Waals surface area contributed by atoms with E-state index in [4.69, 9.17) is 79.7 Å². The van der Waals surface area contributed by atoms with E-state index in [2.05, 4.69) is 5.32 Å². The van der Waals surface area contributed by atoms with Crippen molar-refractivity contribution in [1.82, 2.24) is 5.32 Å². The van der Waals surface area contributed by atoms with Crippen LogP contribution in [0.15, 0.2) is 54.2 Å². The molecule has 3 aromatic rings. The van der Waals surface area contributed by atoms with Crippen LogP contribution in [0.3, 0.4) is 0 Å². The molecule has 0 aromatic heterocycles. The highest BCUT2D eigenvalue weighted by Gasteiger charge is 2.31. The summed E-state index contributed by atoms with van der Waals surface area (Å²) in [5.41, 5.74) is 2.38. The molecule has 1 saturated heterocycles. The van der Waals surface area contributed by atoms with Gasteiger partial charge in [0, 0.05) is 5.56 Å². The third-order valence-electron chi connectivity index (χ3n) is 5.05. The lowest BCUT2D eigenvalue weighted by molar-refractivity contribution is -0.113. The fourth-order valence-electron chi connectivity index (χ4n) is 3.38. The largest absolute Gasteiger partial charge is 0.496 e. The topological polar surface area (TPSA) is 50.8 Å². The van der Waals surface area contributed by atoms with Crippen LogP contribution < -0.4 is 19.7 Å². The Labute approximate surface area is 232 Å².